The van der Waals surface area contributed by atoms with Gasteiger partial charge in [-0.1, -0.05) is 54.6 Å². The number of carbonyl (C=O) groups is 3. The van der Waals surface area contributed by atoms with Crippen LogP contribution in [0, 0.1) is 6.92 Å². The van der Waals surface area contributed by atoms with Crippen molar-refractivity contribution in [2.75, 3.05) is 23.4 Å². The third-order valence-corrected chi connectivity index (χ3v) is 8.20. The number of nitrogens with one attached hydrogen (secondary N) is 3. The normalized spacial score (nSPS) is 15.9. The molecule has 212 valence electrons. The molecule has 8 nitrogen and oxygen atoms in total. The van der Waals surface area contributed by atoms with Crippen molar-refractivity contribution in [3.05, 3.63) is 108 Å². The summed E-state index contributed by atoms with van der Waals surface area (Å²) in [6, 6.07) is 25.7. The van der Waals surface area contributed by atoms with Gasteiger partial charge in [-0.3, -0.25) is 14.4 Å². The summed E-state index contributed by atoms with van der Waals surface area (Å²) in [7, 11) is 1.69. The summed E-state index contributed by atoms with van der Waals surface area (Å²) >= 11 is 0. The minimum Gasteiger partial charge on any atom is -0.361 e. The topological polar surface area (TPSA) is 97.5 Å². The van der Waals surface area contributed by atoms with E-state index in [0.29, 0.717) is 16.9 Å². The second-order valence-electron chi connectivity index (χ2n) is 10.7. The van der Waals surface area contributed by atoms with Crippen LogP contribution in [0.15, 0.2) is 91.1 Å². The standard InChI is InChI=1S/C34H33N5O3/c1-21-15-16-23-9-4-5-10-24(23)27(21)19-38-30-13-6-7-14-31(30)39(20-29(34(38)42)37-32(40)22(2)35-3)33(41)26-11-8-12-28-25(26)17-18-36-28/h4-18,22,29,35-36H,19-20H2,1-3H3,(H,37,40)/t22?,29-/m0/s1. The quantitative estimate of drug-likeness (QED) is 0.275. The second-order valence-corrected chi connectivity index (χ2v) is 10.7. The summed E-state index contributed by atoms with van der Waals surface area (Å²) in [5, 5.41) is 8.81. The number of H-pyrrole nitrogens is 1. The Balaban J connectivity index is 1.49. The molecule has 6 rings (SSSR count). The van der Waals surface area contributed by atoms with E-state index < -0.39 is 12.1 Å². The fourth-order valence-electron chi connectivity index (χ4n) is 5.71. The van der Waals surface area contributed by atoms with Crippen molar-refractivity contribution in [2.24, 2.45) is 0 Å². The van der Waals surface area contributed by atoms with E-state index in [1.807, 2.05) is 61.5 Å². The summed E-state index contributed by atoms with van der Waals surface area (Å²) in [6.45, 7) is 4.05. The summed E-state index contributed by atoms with van der Waals surface area (Å²) in [6.07, 6.45) is 1.80. The molecule has 3 amide bonds. The van der Waals surface area contributed by atoms with E-state index in [2.05, 4.69) is 39.9 Å². The molecule has 0 bridgehead atoms. The molecule has 5 aromatic rings. The number of hydrogen-bond acceptors (Lipinski definition) is 4. The van der Waals surface area contributed by atoms with Crippen LogP contribution in [0.3, 0.4) is 0 Å². The molecule has 2 atom stereocenters. The highest BCUT2D eigenvalue weighted by molar-refractivity contribution is 6.17. The average molecular weight is 560 g/mol. The van der Waals surface area contributed by atoms with Gasteiger partial charge in [0.25, 0.3) is 11.8 Å². The fourth-order valence-corrected chi connectivity index (χ4v) is 5.71. The van der Waals surface area contributed by atoms with Crippen molar-refractivity contribution in [2.45, 2.75) is 32.5 Å². The van der Waals surface area contributed by atoms with Crippen molar-refractivity contribution in [1.29, 1.82) is 0 Å². The van der Waals surface area contributed by atoms with Crippen molar-refractivity contribution in [3.63, 3.8) is 0 Å². The molecule has 1 aromatic heterocycles. The van der Waals surface area contributed by atoms with E-state index in [1.165, 1.54) is 0 Å². The molecule has 0 aliphatic carbocycles. The molecule has 0 fully saturated rings. The Hall–Kier alpha value is -4.95. The number of carbonyl (C=O) groups excluding carboxylic acids is 3. The Morgan fingerprint density at radius 1 is 0.929 bits per heavy atom. The zero-order chi connectivity index (χ0) is 29.4. The Labute approximate surface area is 244 Å². The van der Waals surface area contributed by atoms with Crippen LogP contribution >= 0.6 is 0 Å². The highest BCUT2D eigenvalue weighted by Crippen LogP contribution is 2.37. The number of anilines is 2. The number of hydrogen-bond donors (Lipinski definition) is 3. The molecule has 2 heterocycles. The number of para-hydroxylation sites is 2. The first-order valence-electron chi connectivity index (χ1n) is 14.1. The molecular weight excluding hydrogens is 526 g/mol. The molecule has 8 heteroatoms. The lowest BCUT2D eigenvalue weighted by Gasteiger charge is -2.27. The van der Waals surface area contributed by atoms with E-state index in [-0.39, 0.29) is 30.8 Å². The molecular formula is C34H33N5O3. The highest BCUT2D eigenvalue weighted by atomic mass is 16.2. The summed E-state index contributed by atoms with van der Waals surface area (Å²) < 4.78 is 0. The van der Waals surface area contributed by atoms with Crippen molar-refractivity contribution in [3.8, 4) is 0 Å². The number of fused-ring (bicyclic) bond motifs is 3. The number of benzene rings is 4. The molecule has 4 aromatic carbocycles. The van der Waals surface area contributed by atoms with E-state index >= 15 is 0 Å². The largest absolute Gasteiger partial charge is 0.361 e. The zero-order valence-electron chi connectivity index (χ0n) is 23.8. The highest BCUT2D eigenvalue weighted by Gasteiger charge is 2.38. The van der Waals surface area contributed by atoms with Gasteiger partial charge in [-0.2, -0.15) is 0 Å². The van der Waals surface area contributed by atoms with Gasteiger partial charge in [0.2, 0.25) is 5.91 Å². The molecule has 0 saturated carbocycles. The summed E-state index contributed by atoms with van der Waals surface area (Å²) in [5.41, 5.74) is 4.66. The van der Waals surface area contributed by atoms with E-state index in [9.17, 15) is 14.4 Å². The van der Waals surface area contributed by atoms with Gasteiger partial charge in [-0.05, 0) is 73.1 Å². The van der Waals surface area contributed by atoms with Gasteiger partial charge in [0.15, 0.2) is 0 Å². The second kappa shape index (κ2) is 11.1. The molecule has 0 saturated heterocycles. The summed E-state index contributed by atoms with van der Waals surface area (Å²) in [4.78, 5) is 48.3. The molecule has 3 N–H and O–H groups in total. The zero-order valence-corrected chi connectivity index (χ0v) is 23.8. The van der Waals surface area contributed by atoms with Gasteiger partial charge in [-0.25, -0.2) is 0 Å². The first-order chi connectivity index (χ1) is 20.4. The van der Waals surface area contributed by atoms with Gasteiger partial charge < -0.3 is 25.4 Å². The fraction of sp³-hybridized carbons (Fsp3) is 0.206. The Morgan fingerprint density at radius 2 is 1.69 bits per heavy atom. The van der Waals surface area contributed by atoms with Crippen LogP contribution in [0.25, 0.3) is 21.7 Å². The van der Waals surface area contributed by atoms with E-state index in [1.54, 1.807) is 36.0 Å². The maximum absolute atomic E-state index is 14.4. The van der Waals surface area contributed by atoms with Crippen LogP contribution in [0.1, 0.15) is 28.4 Å². The number of aromatic amines is 1. The molecule has 42 heavy (non-hydrogen) atoms. The van der Waals surface area contributed by atoms with Crippen LogP contribution in [0.4, 0.5) is 11.4 Å². The number of aromatic nitrogens is 1. The van der Waals surface area contributed by atoms with Gasteiger partial charge in [0.1, 0.15) is 6.04 Å². The third-order valence-electron chi connectivity index (χ3n) is 8.20. The third kappa shape index (κ3) is 4.80. The van der Waals surface area contributed by atoms with Crippen molar-refractivity contribution >= 4 is 50.8 Å². The minimum absolute atomic E-state index is 0.0112. The van der Waals surface area contributed by atoms with Crippen LogP contribution in [-0.2, 0) is 16.1 Å². The smallest absolute Gasteiger partial charge is 0.259 e. The van der Waals surface area contributed by atoms with Crippen molar-refractivity contribution < 1.29 is 14.4 Å². The molecule has 1 aliphatic heterocycles. The first-order valence-corrected chi connectivity index (χ1v) is 14.1. The predicted octanol–water partition coefficient (Wildman–Crippen LogP) is 4.92. The van der Waals surface area contributed by atoms with E-state index in [0.717, 1.165) is 32.8 Å². The minimum atomic E-state index is -0.967. The lowest BCUT2D eigenvalue weighted by atomic mass is 9.99. The Kier molecular flexibility index (Phi) is 7.22. The molecule has 1 aliphatic rings. The molecule has 0 spiro atoms. The predicted molar refractivity (Wildman–Crippen MR) is 167 cm³/mol. The SMILES string of the molecule is CNC(C)C(=O)N[C@H]1CN(C(=O)c2cccc3[nH]ccc23)c2ccccc2N(Cc2c(C)ccc3ccccc23)C1=O. The Bertz CT molecular complexity index is 1830. The van der Waals surface area contributed by atoms with Crippen molar-refractivity contribution in [1.82, 2.24) is 15.6 Å². The molecule has 1 unspecified atom stereocenters. The van der Waals surface area contributed by atoms with Crippen LogP contribution in [-0.4, -0.2) is 48.4 Å². The van der Waals surface area contributed by atoms with Crippen LogP contribution in [0.5, 0.6) is 0 Å². The maximum Gasteiger partial charge on any atom is 0.259 e. The van der Waals surface area contributed by atoms with Crippen LogP contribution in [0.2, 0.25) is 0 Å². The summed E-state index contributed by atoms with van der Waals surface area (Å²) in [5.74, 6) is -0.839. The van der Waals surface area contributed by atoms with Crippen LogP contribution < -0.4 is 20.4 Å². The number of likely N-dealkylation sites (N-methyl/N-ethyl adjacent to an activating group) is 1. The van der Waals surface area contributed by atoms with E-state index in [4.69, 9.17) is 0 Å². The van der Waals surface area contributed by atoms with Gasteiger partial charge in [0, 0.05) is 22.7 Å². The maximum atomic E-state index is 14.4. The van der Waals surface area contributed by atoms with Gasteiger partial charge in [-0.15, -0.1) is 0 Å². The monoisotopic (exact) mass is 559 g/mol. The number of aryl methyl sites for hydroxylation is 1. The number of rotatable bonds is 6. The average Bonchev–Trinajstić information content (AvgIpc) is 3.47. The Morgan fingerprint density at radius 3 is 2.50 bits per heavy atom. The van der Waals surface area contributed by atoms with Gasteiger partial charge in [0.05, 0.1) is 30.5 Å². The number of amides is 3. The molecule has 0 radical (unpaired) electrons. The lowest BCUT2D eigenvalue weighted by Crippen LogP contribution is -2.55. The first kappa shape index (κ1) is 27.2. The lowest BCUT2D eigenvalue weighted by molar-refractivity contribution is -0.128. The number of nitrogens with zero attached hydrogens (tertiary/aromatic N) is 2. The van der Waals surface area contributed by atoms with Gasteiger partial charge >= 0.3 is 0 Å².